The van der Waals surface area contributed by atoms with Gasteiger partial charge in [0, 0.05) is 20.0 Å². The van der Waals surface area contributed by atoms with Gasteiger partial charge >= 0.3 is 0 Å². The molecule has 0 radical (unpaired) electrons. The highest BCUT2D eigenvalue weighted by Crippen LogP contribution is 2.39. The third kappa shape index (κ3) is 5.66. The Kier molecular flexibility index (Phi) is 8.01. The van der Waals surface area contributed by atoms with Gasteiger partial charge in [-0.1, -0.05) is 69.6 Å². The summed E-state index contributed by atoms with van der Waals surface area (Å²) >= 11 is 34.5. The fourth-order valence-corrected chi connectivity index (χ4v) is 2.92. The predicted octanol–water partition coefficient (Wildman–Crippen LogP) is 2.24. The van der Waals surface area contributed by atoms with Gasteiger partial charge in [0.1, 0.15) is 11.7 Å². The first kappa shape index (κ1) is 23.4. The minimum absolute atomic E-state index is 0.0305. The second kappa shape index (κ2) is 8.57. The van der Waals surface area contributed by atoms with Crippen molar-refractivity contribution < 1.29 is 14.7 Å². The lowest BCUT2D eigenvalue weighted by atomic mass is 9.97. The van der Waals surface area contributed by atoms with Crippen molar-refractivity contribution >= 4 is 81.4 Å². The zero-order valence-corrected chi connectivity index (χ0v) is 17.8. The SMILES string of the molecule is CN1C(=O)C(C[C@H](CO)C(Cl)(Cl)Cl)N(C)C(=O)/C1=C\[C@H](N)C(Cl)(Cl)Cl. The van der Waals surface area contributed by atoms with Gasteiger partial charge < -0.3 is 20.6 Å². The predicted molar refractivity (Wildman–Crippen MR) is 101 cm³/mol. The minimum Gasteiger partial charge on any atom is -0.396 e. The Morgan fingerprint density at radius 3 is 2.08 bits per heavy atom. The number of alkyl halides is 6. The number of aliphatic hydroxyl groups is 1. The summed E-state index contributed by atoms with van der Waals surface area (Å²) in [6.45, 7) is -0.465. The maximum Gasteiger partial charge on any atom is 0.270 e. The van der Waals surface area contributed by atoms with Gasteiger partial charge in [-0.25, -0.2) is 0 Å². The summed E-state index contributed by atoms with van der Waals surface area (Å²) in [5.41, 5.74) is 5.69. The van der Waals surface area contributed by atoms with Crippen LogP contribution in [-0.4, -0.2) is 67.1 Å². The van der Waals surface area contributed by atoms with E-state index in [1.165, 1.54) is 25.1 Å². The maximum absolute atomic E-state index is 12.6. The molecule has 0 aromatic heterocycles. The molecule has 25 heavy (non-hydrogen) atoms. The molecule has 0 spiro atoms. The molecule has 1 unspecified atom stereocenters. The van der Waals surface area contributed by atoms with Crippen LogP contribution in [0, 0.1) is 5.92 Å². The van der Waals surface area contributed by atoms with Crippen molar-refractivity contribution in [3.05, 3.63) is 11.8 Å². The van der Waals surface area contributed by atoms with Crippen LogP contribution in [0.1, 0.15) is 6.42 Å². The largest absolute Gasteiger partial charge is 0.396 e. The Balaban J connectivity index is 3.12. The normalized spacial score (nSPS) is 24.1. The number of amides is 2. The molecule has 1 aliphatic rings. The van der Waals surface area contributed by atoms with Crippen molar-refractivity contribution in [3.63, 3.8) is 0 Å². The fourth-order valence-electron chi connectivity index (χ4n) is 2.26. The highest BCUT2D eigenvalue weighted by Gasteiger charge is 2.44. The Labute approximate surface area is 175 Å². The fraction of sp³-hybridized carbons (Fsp3) is 0.692. The molecule has 1 rings (SSSR count). The van der Waals surface area contributed by atoms with E-state index in [-0.39, 0.29) is 12.1 Å². The molecule has 3 atom stereocenters. The van der Waals surface area contributed by atoms with E-state index in [9.17, 15) is 14.7 Å². The van der Waals surface area contributed by atoms with Gasteiger partial charge in [-0.3, -0.25) is 9.59 Å². The van der Waals surface area contributed by atoms with Crippen LogP contribution in [0.5, 0.6) is 0 Å². The Morgan fingerprint density at radius 1 is 1.16 bits per heavy atom. The molecular formula is C13H17Cl6N3O3. The van der Waals surface area contributed by atoms with E-state index in [0.29, 0.717) is 0 Å². The summed E-state index contributed by atoms with van der Waals surface area (Å²) in [4.78, 5) is 27.5. The second-order valence-electron chi connectivity index (χ2n) is 5.61. The quantitative estimate of drug-likeness (QED) is 0.482. The number of rotatable bonds is 4. The third-order valence-corrected chi connectivity index (χ3v) is 5.57. The lowest BCUT2D eigenvalue weighted by Crippen LogP contribution is -2.57. The van der Waals surface area contributed by atoms with Crippen LogP contribution in [-0.2, 0) is 9.59 Å². The number of nitrogens with two attached hydrogens (primary N) is 1. The van der Waals surface area contributed by atoms with E-state index in [1.54, 1.807) is 0 Å². The first-order valence-corrected chi connectivity index (χ1v) is 9.25. The molecule has 1 aliphatic heterocycles. The number of halogens is 6. The van der Waals surface area contributed by atoms with Crippen molar-refractivity contribution in [3.8, 4) is 0 Å². The summed E-state index contributed by atoms with van der Waals surface area (Å²) in [7, 11) is 2.81. The van der Waals surface area contributed by atoms with Crippen LogP contribution >= 0.6 is 69.6 Å². The minimum atomic E-state index is -1.84. The van der Waals surface area contributed by atoms with E-state index in [4.69, 9.17) is 75.3 Å². The molecule has 0 aliphatic carbocycles. The highest BCUT2D eigenvalue weighted by atomic mass is 35.6. The topological polar surface area (TPSA) is 86.9 Å². The number of piperazine rings is 1. The summed E-state index contributed by atoms with van der Waals surface area (Å²) in [6, 6.07) is -2.03. The Hall–Kier alpha value is 0.340. The van der Waals surface area contributed by atoms with Gasteiger partial charge in [-0.15, -0.1) is 0 Å². The molecule has 1 saturated heterocycles. The van der Waals surface area contributed by atoms with Gasteiger partial charge in [-0.05, 0) is 12.5 Å². The van der Waals surface area contributed by atoms with Crippen molar-refractivity contribution in [2.45, 2.75) is 26.1 Å². The molecule has 0 bridgehead atoms. The summed E-state index contributed by atoms with van der Waals surface area (Å²) < 4.78 is -3.63. The monoisotopic (exact) mass is 473 g/mol. The van der Waals surface area contributed by atoms with E-state index in [1.807, 2.05) is 0 Å². The van der Waals surface area contributed by atoms with Gasteiger partial charge in [0.25, 0.3) is 5.91 Å². The lowest BCUT2D eigenvalue weighted by molar-refractivity contribution is -0.149. The van der Waals surface area contributed by atoms with Crippen molar-refractivity contribution in [2.75, 3.05) is 20.7 Å². The van der Waals surface area contributed by atoms with Crippen molar-refractivity contribution in [1.29, 1.82) is 0 Å². The van der Waals surface area contributed by atoms with Gasteiger partial charge in [0.05, 0.1) is 12.6 Å². The summed E-state index contributed by atoms with van der Waals surface area (Å²) in [5, 5.41) is 9.40. The molecule has 2 amide bonds. The molecule has 3 N–H and O–H groups in total. The molecule has 1 fully saturated rings. The van der Waals surface area contributed by atoms with Gasteiger partial charge in [0.15, 0.2) is 3.79 Å². The summed E-state index contributed by atoms with van der Waals surface area (Å²) in [5.74, 6) is -1.81. The zero-order chi connectivity index (χ0) is 19.7. The van der Waals surface area contributed by atoms with E-state index in [0.717, 1.165) is 4.90 Å². The molecular weight excluding hydrogens is 459 g/mol. The van der Waals surface area contributed by atoms with Gasteiger partial charge in [-0.2, -0.15) is 0 Å². The third-order valence-electron chi connectivity index (χ3n) is 3.89. The number of likely N-dealkylation sites (N-methyl/N-ethyl adjacent to an activating group) is 2. The van der Waals surface area contributed by atoms with E-state index < -0.39 is 44.0 Å². The first-order chi connectivity index (χ1) is 11.2. The second-order valence-corrected chi connectivity index (χ2v) is 10.3. The molecule has 0 aromatic rings. The number of aliphatic hydroxyl groups excluding tert-OH is 1. The summed E-state index contributed by atoms with van der Waals surface area (Å²) in [6.07, 6.45) is 1.17. The molecule has 0 saturated carbocycles. The smallest absolute Gasteiger partial charge is 0.270 e. The van der Waals surface area contributed by atoms with E-state index in [2.05, 4.69) is 0 Å². The van der Waals surface area contributed by atoms with Crippen LogP contribution in [0.15, 0.2) is 11.8 Å². The Bertz CT molecular complexity index is 560. The molecule has 1 heterocycles. The number of nitrogens with zero attached hydrogens (tertiary/aromatic N) is 2. The average molecular weight is 476 g/mol. The number of carbonyl (C=O) groups is 2. The highest BCUT2D eigenvalue weighted by molar-refractivity contribution is 6.68. The lowest BCUT2D eigenvalue weighted by Gasteiger charge is -2.40. The molecule has 144 valence electrons. The van der Waals surface area contributed by atoms with Gasteiger partial charge in [0.2, 0.25) is 9.70 Å². The van der Waals surface area contributed by atoms with Crippen molar-refractivity contribution in [2.24, 2.45) is 11.7 Å². The average Bonchev–Trinajstić information content (AvgIpc) is 2.47. The zero-order valence-electron chi connectivity index (χ0n) is 13.2. The Morgan fingerprint density at radius 2 is 1.68 bits per heavy atom. The van der Waals surface area contributed by atoms with Crippen LogP contribution < -0.4 is 5.73 Å². The van der Waals surface area contributed by atoms with Crippen LogP contribution in [0.2, 0.25) is 0 Å². The maximum atomic E-state index is 12.6. The molecule has 6 nitrogen and oxygen atoms in total. The van der Waals surface area contributed by atoms with Crippen molar-refractivity contribution in [1.82, 2.24) is 9.80 Å². The standard InChI is InChI=1S/C13H17Cl6N3O3/c1-21-7(3-6(5-23)12(14,15)16)10(24)22(2)8(11(21)25)4-9(20)13(17,18)19/h4,6-7,9,23H,3,5,20H2,1-2H3/b8-4+/t6-,7?,9+/m1/s1. The molecule has 12 heteroatoms. The van der Waals surface area contributed by atoms with E-state index >= 15 is 0 Å². The first-order valence-electron chi connectivity index (χ1n) is 6.98. The number of carbonyl (C=O) groups excluding carboxylic acids is 2. The van der Waals surface area contributed by atoms with Crippen LogP contribution in [0.25, 0.3) is 0 Å². The molecule has 0 aromatic carbocycles. The van der Waals surface area contributed by atoms with Crippen LogP contribution in [0.4, 0.5) is 0 Å². The van der Waals surface area contributed by atoms with Crippen LogP contribution in [0.3, 0.4) is 0 Å². The number of hydrogen-bond donors (Lipinski definition) is 2. The number of hydrogen-bond acceptors (Lipinski definition) is 4.